The molecule has 0 saturated carbocycles. The maximum absolute atomic E-state index is 12.0. The highest BCUT2D eigenvalue weighted by Gasteiger charge is 2.24. The third-order valence-corrected chi connectivity index (χ3v) is 3.71. The Morgan fingerprint density at radius 3 is 2.79 bits per heavy atom. The summed E-state index contributed by atoms with van der Waals surface area (Å²) in [5.41, 5.74) is 1.12. The molecular formula is C11H14O2S. The maximum Gasteiger partial charge on any atom is 0.176 e. The number of hydrogen-bond donors (Lipinski definition) is 0. The van der Waals surface area contributed by atoms with Crippen LogP contribution in [0.5, 0.6) is 0 Å². The van der Waals surface area contributed by atoms with Gasteiger partial charge in [-0.15, -0.1) is 11.3 Å². The van der Waals surface area contributed by atoms with Gasteiger partial charge in [0.25, 0.3) is 0 Å². The zero-order valence-electron chi connectivity index (χ0n) is 8.29. The lowest BCUT2D eigenvalue weighted by Gasteiger charge is -2.20. The second kappa shape index (κ2) is 4.24. The Labute approximate surface area is 87.9 Å². The maximum atomic E-state index is 12.0. The molecule has 1 saturated heterocycles. The number of Topliss-reactive ketones (excluding diaryl/α,β-unsaturated/α-hetero) is 1. The lowest BCUT2D eigenvalue weighted by atomic mass is 9.93. The third-order valence-electron chi connectivity index (χ3n) is 2.68. The summed E-state index contributed by atoms with van der Waals surface area (Å²) in [4.78, 5) is 13.0. The summed E-state index contributed by atoms with van der Waals surface area (Å²) in [6, 6.07) is 2.01. The predicted molar refractivity (Wildman–Crippen MR) is 56.9 cm³/mol. The normalized spacial score (nSPS) is 18.4. The number of thiophene rings is 1. The molecule has 2 nitrogen and oxygen atoms in total. The fourth-order valence-electron chi connectivity index (χ4n) is 1.77. The molecule has 0 aromatic carbocycles. The molecule has 0 spiro atoms. The van der Waals surface area contributed by atoms with Gasteiger partial charge in [0.2, 0.25) is 0 Å². The molecular weight excluding hydrogens is 196 g/mol. The van der Waals surface area contributed by atoms with Gasteiger partial charge in [0.15, 0.2) is 5.78 Å². The van der Waals surface area contributed by atoms with Gasteiger partial charge < -0.3 is 4.74 Å². The first-order valence-corrected chi connectivity index (χ1v) is 5.83. The fraction of sp³-hybridized carbons (Fsp3) is 0.545. The van der Waals surface area contributed by atoms with Crippen molar-refractivity contribution in [2.75, 3.05) is 13.2 Å². The zero-order chi connectivity index (χ0) is 9.97. The molecule has 0 bridgehead atoms. The van der Waals surface area contributed by atoms with Crippen LogP contribution in [0.25, 0.3) is 0 Å². The van der Waals surface area contributed by atoms with Gasteiger partial charge in [0.1, 0.15) is 0 Å². The Kier molecular flexibility index (Phi) is 2.99. The average Bonchev–Trinajstić information content (AvgIpc) is 2.65. The second-order valence-corrected chi connectivity index (χ2v) is 4.60. The van der Waals surface area contributed by atoms with Gasteiger partial charge in [-0.1, -0.05) is 0 Å². The van der Waals surface area contributed by atoms with E-state index in [9.17, 15) is 4.79 Å². The van der Waals surface area contributed by atoms with E-state index in [1.807, 2.05) is 18.4 Å². The molecule has 0 aliphatic carbocycles. The second-order valence-electron chi connectivity index (χ2n) is 3.68. The summed E-state index contributed by atoms with van der Waals surface area (Å²) in [7, 11) is 0. The minimum atomic E-state index is 0.195. The van der Waals surface area contributed by atoms with Crippen LogP contribution in [0.4, 0.5) is 0 Å². The molecule has 76 valence electrons. The third kappa shape index (κ3) is 1.88. The number of ketones is 1. The van der Waals surface area contributed by atoms with E-state index in [-0.39, 0.29) is 5.92 Å². The monoisotopic (exact) mass is 210 g/mol. The number of rotatable bonds is 2. The van der Waals surface area contributed by atoms with Gasteiger partial charge in [-0.05, 0) is 36.8 Å². The molecule has 2 heterocycles. The number of carbonyl (C=O) groups is 1. The van der Waals surface area contributed by atoms with Crippen LogP contribution in [0.1, 0.15) is 28.1 Å². The van der Waals surface area contributed by atoms with E-state index >= 15 is 0 Å². The summed E-state index contributed by atoms with van der Waals surface area (Å²) in [6.45, 7) is 3.48. The minimum Gasteiger partial charge on any atom is -0.381 e. The highest BCUT2D eigenvalue weighted by Crippen LogP contribution is 2.25. The quantitative estimate of drug-likeness (QED) is 0.701. The molecule has 2 rings (SSSR count). The standard InChI is InChI=1S/C11H14O2S/c1-8-4-7-14-11(8)10(12)9-2-5-13-6-3-9/h4,7,9H,2-3,5-6H2,1H3. The molecule has 0 atom stereocenters. The van der Waals surface area contributed by atoms with E-state index in [2.05, 4.69) is 0 Å². The van der Waals surface area contributed by atoms with Crippen LogP contribution < -0.4 is 0 Å². The largest absolute Gasteiger partial charge is 0.381 e. The minimum absolute atomic E-state index is 0.195. The SMILES string of the molecule is Cc1ccsc1C(=O)C1CCOCC1. The van der Waals surface area contributed by atoms with Crippen molar-refractivity contribution < 1.29 is 9.53 Å². The fourth-order valence-corrected chi connectivity index (χ4v) is 2.72. The van der Waals surface area contributed by atoms with Crippen molar-refractivity contribution in [3.05, 3.63) is 21.9 Å². The average molecular weight is 210 g/mol. The molecule has 1 aliphatic heterocycles. The zero-order valence-corrected chi connectivity index (χ0v) is 9.10. The molecule has 0 N–H and O–H groups in total. The van der Waals surface area contributed by atoms with Crippen molar-refractivity contribution in [2.24, 2.45) is 5.92 Å². The first-order valence-electron chi connectivity index (χ1n) is 4.95. The van der Waals surface area contributed by atoms with Crippen molar-refractivity contribution in [1.82, 2.24) is 0 Å². The molecule has 0 unspecified atom stereocenters. The number of hydrogen-bond acceptors (Lipinski definition) is 3. The van der Waals surface area contributed by atoms with Crippen LogP contribution in [-0.4, -0.2) is 19.0 Å². The Balaban J connectivity index is 2.11. The van der Waals surface area contributed by atoms with Gasteiger partial charge >= 0.3 is 0 Å². The Bertz CT molecular complexity index is 324. The highest BCUT2D eigenvalue weighted by molar-refractivity contribution is 7.12. The van der Waals surface area contributed by atoms with Gasteiger partial charge in [-0.25, -0.2) is 0 Å². The topological polar surface area (TPSA) is 26.3 Å². The van der Waals surface area contributed by atoms with Gasteiger partial charge in [0, 0.05) is 19.1 Å². The van der Waals surface area contributed by atoms with Crippen molar-refractivity contribution in [3.8, 4) is 0 Å². The summed E-state index contributed by atoms with van der Waals surface area (Å²) in [6.07, 6.45) is 1.77. The molecule has 1 aliphatic rings. The van der Waals surface area contributed by atoms with Gasteiger partial charge in [0.05, 0.1) is 4.88 Å². The van der Waals surface area contributed by atoms with E-state index in [4.69, 9.17) is 4.74 Å². The van der Waals surface area contributed by atoms with Crippen LogP contribution in [-0.2, 0) is 4.74 Å². The highest BCUT2D eigenvalue weighted by atomic mass is 32.1. The first kappa shape index (κ1) is 9.87. The molecule has 3 heteroatoms. The van der Waals surface area contributed by atoms with E-state index in [1.165, 1.54) is 0 Å². The lowest BCUT2D eigenvalue weighted by molar-refractivity contribution is 0.0547. The summed E-state index contributed by atoms with van der Waals surface area (Å²) in [5.74, 6) is 0.516. The Morgan fingerprint density at radius 1 is 1.50 bits per heavy atom. The van der Waals surface area contributed by atoms with Crippen LogP contribution >= 0.6 is 11.3 Å². The van der Waals surface area contributed by atoms with Crippen LogP contribution in [0, 0.1) is 12.8 Å². The number of aryl methyl sites for hydroxylation is 1. The van der Waals surface area contributed by atoms with Crippen molar-refractivity contribution in [1.29, 1.82) is 0 Å². The van der Waals surface area contributed by atoms with E-state index < -0.39 is 0 Å². The smallest absolute Gasteiger partial charge is 0.176 e. The van der Waals surface area contributed by atoms with E-state index in [0.717, 1.165) is 36.5 Å². The van der Waals surface area contributed by atoms with Crippen molar-refractivity contribution in [3.63, 3.8) is 0 Å². The van der Waals surface area contributed by atoms with Crippen LogP contribution in [0.2, 0.25) is 0 Å². The molecule has 14 heavy (non-hydrogen) atoms. The molecule has 0 amide bonds. The lowest BCUT2D eigenvalue weighted by Crippen LogP contribution is -2.23. The van der Waals surface area contributed by atoms with Gasteiger partial charge in [-0.2, -0.15) is 0 Å². The number of ether oxygens (including phenoxy) is 1. The van der Waals surface area contributed by atoms with Crippen LogP contribution in [0.3, 0.4) is 0 Å². The first-order chi connectivity index (χ1) is 6.79. The molecule has 1 aromatic heterocycles. The molecule has 1 aromatic rings. The Hall–Kier alpha value is -0.670. The molecule has 1 fully saturated rings. The van der Waals surface area contributed by atoms with Crippen LogP contribution in [0.15, 0.2) is 11.4 Å². The summed E-state index contributed by atoms with van der Waals surface area (Å²) < 4.78 is 5.25. The van der Waals surface area contributed by atoms with Crippen molar-refractivity contribution >= 4 is 17.1 Å². The molecule has 0 radical (unpaired) electrons. The van der Waals surface area contributed by atoms with Gasteiger partial charge in [-0.3, -0.25) is 4.79 Å². The van der Waals surface area contributed by atoms with E-state index in [0.29, 0.717) is 5.78 Å². The van der Waals surface area contributed by atoms with E-state index in [1.54, 1.807) is 11.3 Å². The summed E-state index contributed by atoms with van der Waals surface area (Å²) >= 11 is 1.56. The Morgan fingerprint density at radius 2 is 2.21 bits per heavy atom. The number of carbonyl (C=O) groups excluding carboxylic acids is 1. The summed E-state index contributed by atoms with van der Waals surface area (Å²) in [5, 5.41) is 1.99. The van der Waals surface area contributed by atoms with Crippen molar-refractivity contribution in [2.45, 2.75) is 19.8 Å². The predicted octanol–water partition coefficient (Wildman–Crippen LogP) is 2.67.